The Labute approximate surface area is 118 Å². The number of hydrogen-bond acceptors (Lipinski definition) is 5. The summed E-state index contributed by atoms with van der Waals surface area (Å²) in [6.45, 7) is 5.76. The van der Waals surface area contributed by atoms with E-state index in [1.165, 1.54) is 19.3 Å². The SMILES string of the molecule is C=c1nc(C2CCC2)nc2c1=CNN2C1CCOCC1. The number of fused-ring (bicyclic) bond motifs is 1. The first kappa shape index (κ1) is 12.1. The minimum Gasteiger partial charge on any atom is -0.381 e. The molecule has 0 radical (unpaired) electrons. The largest absolute Gasteiger partial charge is 0.381 e. The van der Waals surface area contributed by atoms with Gasteiger partial charge in [0.15, 0.2) is 5.82 Å². The first-order chi connectivity index (χ1) is 9.83. The van der Waals surface area contributed by atoms with E-state index in [1.807, 2.05) is 6.20 Å². The van der Waals surface area contributed by atoms with Crippen molar-refractivity contribution in [1.29, 1.82) is 0 Å². The molecule has 4 rings (SSSR count). The van der Waals surface area contributed by atoms with E-state index in [4.69, 9.17) is 9.72 Å². The number of hydrogen-bond donors (Lipinski definition) is 1. The molecule has 1 saturated heterocycles. The van der Waals surface area contributed by atoms with Crippen LogP contribution < -0.4 is 21.0 Å². The molecule has 0 amide bonds. The van der Waals surface area contributed by atoms with Crippen molar-refractivity contribution in [2.45, 2.75) is 44.1 Å². The van der Waals surface area contributed by atoms with E-state index >= 15 is 0 Å². The summed E-state index contributed by atoms with van der Waals surface area (Å²) >= 11 is 0. The van der Waals surface area contributed by atoms with Crippen molar-refractivity contribution in [1.82, 2.24) is 15.4 Å². The van der Waals surface area contributed by atoms with E-state index in [1.54, 1.807) is 0 Å². The zero-order valence-electron chi connectivity index (χ0n) is 11.6. The fourth-order valence-corrected chi connectivity index (χ4v) is 3.12. The minimum atomic E-state index is 0.449. The van der Waals surface area contributed by atoms with Crippen molar-refractivity contribution in [2.75, 3.05) is 18.2 Å². The summed E-state index contributed by atoms with van der Waals surface area (Å²) < 4.78 is 5.45. The number of nitrogens with zero attached hydrogens (tertiary/aromatic N) is 3. The zero-order chi connectivity index (χ0) is 13.5. The normalized spacial score (nSPS) is 22.9. The Balaban J connectivity index is 1.70. The fourth-order valence-electron chi connectivity index (χ4n) is 3.12. The van der Waals surface area contributed by atoms with Crippen LogP contribution in [0, 0.1) is 0 Å². The molecular weight excluding hydrogens is 252 g/mol. The van der Waals surface area contributed by atoms with Crippen LogP contribution in [0.1, 0.15) is 43.8 Å². The molecule has 20 heavy (non-hydrogen) atoms. The second kappa shape index (κ2) is 4.74. The molecule has 1 aromatic heterocycles. The van der Waals surface area contributed by atoms with Gasteiger partial charge in [0.05, 0.1) is 16.6 Å². The van der Waals surface area contributed by atoms with Gasteiger partial charge in [-0.25, -0.2) is 9.97 Å². The Kier molecular flexibility index (Phi) is 2.88. The Hall–Kier alpha value is -1.62. The van der Waals surface area contributed by atoms with Crippen LogP contribution in [0.3, 0.4) is 0 Å². The Morgan fingerprint density at radius 2 is 2.00 bits per heavy atom. The second-order valence-electron chi connectivity index (χ2n) is 5.88. The summed E-state index contributed by atoms with van der Waals surface area (Å²) in [6, 6.07) is 0.449. The highest BCUT2D eigenvalue weighted by atomic mass is 16.5. The topological polar surface area (TPSA) is 50.3 Å². The average Bonchev–Trinajstić information content (AvgIpc) is 2.82. The Morgan fingerprint density at radius 3 is 2.70 bits per heavy atom. The molecule has 106 valence electrons. The summed E-state index contributed by atoms with van der Waals surface area (Å²) in [5.41, 5.74) is 3.35. The predicted octanol–water partition coefficient (Wildman–Crippen LogP) is 0.396. The molecule has 3 aliphatic rings. The summed E-state index contributed by atoms with van der Waals surface area (Å²) in [5, 5.41) is 4.08. The standard InChI is InChI=1S/C15H20N4O/c1-10-13-9-16-19(12-5-7-20-8-6-12)15(13)18-14(17-10)11-3-2-4-11/h9,11-12,16H,1-8H2. The number of hydrazine groups is 1. The number of rotatable bonds is 2. The molecule has 0 spiro atoms. The van der Waals surface area contributed by atoms with Crippen LogP contribution in [0.2, 0.25) is 0 Å². The molecular formula is C15H20N4O. The molecule has 3 heterocycles. The van der Waals surface area contributed by atoms with Gasteiger partial charge in [-0.05, 0) is 25.7 Å². The third-order valence-electron chi connectivity index (χ3n) is 4.62. The maximum Gasteiger partial charge on any atom is 0.160 e. The molecule has 2 fully saturated rings. The highest BCUT2D eigenvalue weighted by molar-refractivity contribution is 5.52. The van der Waals surface area contributed by atoms with Crippen molar-refractivity contribution in [2.24, 2.45) is 0 Å². The molecule has 0 atom stereocenters. The molecule has 1 aromatic rings. The van der Waals surface area contributed by atoms with Crippen LogP contribution in [0.25, 0.3) is 12.8 Å². The van der Waals surface area contributed by atoms with E-state index in [0.717, 1.165) is 48.3 Å². The lowest BCUT2D eigenvalue weighted by molar-refractivity contribution is 0.0833. The first-order valence-electron chi connectivity index (χ1n) is 7.53. The molecule has 0 aromatic carbocycles. The second-order valence-corrected chi connectivity index (χ2v) is 5.88. The van der Waals surface area contributed by atoms with Gasteiger partial charge in [0.1, 0.15) is 5.82 Å². The maximum absolute atomic E-state index is 5.45. The summed E-state index contributed by atoms with van der Waals surface area (Å²) in [6.07, 6.45) is 7.79. The van der Waals surface area contributed by atoms with Gasteiger partial charge in [-0.15, -0.1) is 0 Å². The number of nitrogens with one attached hydrogen (secondary N) is 1. The van der Waals surface area contributed by atoms with Crippen LogP contribution in [0.5, 0.6) is 0 Å². The van der Waals surface area contributed by atoms with E-state index in [9.17, 15) is 0 Å². The highest BCUT2D eigenvalue weighted by Gasteiger charge is 2.29. The van der Waals surface area contributed by atoms with Crippen LogP contribution in [0.4, 0.5) is 5.82 Å². The van der Waals surface area contributed by atoms with Crippen LogP contribution >= 0.6 is 0 Å². The van der Waals surface area contributed by atoms with Gasteiger partial charge < -0.3 is 10.2 Å². The Bertz CT molecular complexity index is 619. The summed E-state index contributed by atoms with van der Waals surface area (Å²) in [7, 11) is 0. The van der Waals surface area contributed by atoms with Gasteiger partial charge in [-0.3, -0.25) is 5.01 Å². The molecule has 0 unspecified atom stereocenters. The van der Waals surface area contributed by atoms with Crippen molar-refractivity contribution >= 4 is 18.6 Å². The van der Waals surface area contributed by atoms with Gasteiger partial charge in [0, 0.05) is 25.3 Å². The fraction of sp³-hybridized carbons (Fsp3) is 0.600. The van der Waals surface area contributed by atoms with E-state index in [2.05, 4.69) is 22.0 Å². The molecule has 5 heteroatoms. The van der Waals surface area contributed by atoms with E-state index in [0.29, 0.717) is 12.0 Å². The number of ether oxygens (including phenoxy) is 1. The highest BCUT2D eigenvalue weighted by Crippen LogP contribution is 2.34. The van der Waals surface area contributed by atoms with Crippen molar-refractivity contribution in [3.63, 3.8) is 0 Å². The molecule has 0 bridgehead atoms. The maximum atomic E-state index is 5.45. The predicted molar refractivity (Wildman–Crippen MR) is 77.3 cm³/mol. The molecule has 1 aliphatic carbocycles. The third kappa shape index (κ3) is 1.88. The number of anilines is 1. The summed E-state index contributed by atoms with van der Waals surface area (Å²) in [4.78, 5) is 9.43. The van der Waals surface area contributed by atoms with Crippen LogP contribution in [-0.4, -0.2) is 29.2 Å². The monoisotopic (exact) mass is 272 g/mol. The van der Waals surface area contributed by atoms with Gasteiger partial charge in [0.25, 0.3) is 0 Å². The van der Waals surface area contributed by atoms with Crippen LogP contribution in [0.15, 0.2) is 0 Å². The summed E-state index contributed by atoms with van der Waals surface area (Å²) in [5.74, 6) is 2.53. The lowest BCUT2D eigenvalue weighted by Crippen LogP contribution is -2.45. The number of aromatic nitrogens is 2. The Morgan fingerprint density at radius 1 is 1.20 bits per heavy atom. The molecule has 5 nitrogen and oxygen atoms in total. The van der Waals surface area contributed by atoms with Gasteiger partial charge in [-0.1, -0.05) is 13.0 Å². The van der Waals surface area contributed by atoms with Crippen LogP contribution in [-0.2, 0) is 4.74 Å². The van der Waals surface area contributed by atoms with E-state index < -0.39 is 0 Å². The third-order valence-corrected chi connectivity index (χ3v) is 4.62. The van der Waals surface area contributed by atoms with E-state index in [-0.39, 0.29) is 0 Å². The zero-order valence-corrected chi connectivity index (χ0v) is 11.6. The van der Waals surface area contributed by atoms with Crippen molar-refractivity contribution in [3.8, 4) is 0 Å². The quantitative estimate of drug-likeness (QED) is 0.844. The minimum absolute atomic E-state index is 0.449. The molecule has 2 aliphatic heterocycles. The molecule has 1 saturated carbocycles. The van der Waals surface area contributed by atoms with Gasteiger partial charge in [-0.2, -0.15) is 0 Å². The first-order valence-corrected chi connectivity index (χ1v) is 7.53. The van der Waals surface area contributed by atoms with Crippen molar-refractivity contribution < 1.29 is 4.74 Å². The van der Waals surface area contributed by atoms with Gasteiger partial charge >= 0.3 is 0 Å². The average molecular weight is 272 g/mol. The van der Waals surface area contributed by atoms with Crippen molar-refractivity contribution in [3.05, 3.63) is 16.4 Å². The lowest BCUT2D eigenvalue weighted by Gasteiger charge is -2.33. The molecule has 1 N–H and O–H groups in total. The smallest absolute Gasteiger partial charge is 0.160 e. The lowest BCUT2D eigenvalue weighted by atomic mass is 9.85. The van der Waals surface area contributed by atoms with Gasteiger partial charge in [0.2, 0.25) is 0 Å².